The number of aromatic amines is 1. The maximum atomic E-state index is 13.4. The number of benzene rings is 1. The number of aromatic nitrogens is 2. The van der Waals surface area contributed by atoms with E-state index < -0.39 is 11.7 Å². The number of ether oxygens (including phenoxy) is 1. The minimum absolute atomic E-state index is 0.00180. The molecule has 4 rings (SSSR count). The molecule has 0 atom stereocenters. The molecule has 1 saturated heterocycles. The van der Waals surface area contributed by atoms with Crippen molar-refractivity contribution in [1.29, 1.82) is 0 Å². The van der Waals surface area contributed by atoms with Gasteiger partial charge in [0.2, 0.25) is 5.88 Å². The molecule has 27 heavy (non-hydrogen) atoms. The molecule has 8 nitrogen and oxygen atoms in total. The second-order valence-electron chi connectivity index (χ2n) is 6.00. The highest BCUT2D eigenvalue weighted by molar-refractivity contribution is 7.13. The van der Waals surface area contributed by atoms with Crippen molar-refractivity contribution in [2.75, 3.05) is 31.2 Å². The van der Waals surface area contributed by atoms with Gasteiger partial charge < -0.3 is 19.7 Å². The second-order valence-corrected chi connectivity index (χ2v) is 6.84. The molecule has 0 unspecified atom stereocenters. The van der Waals surface area contributed by atoms with Gasteiger partial charge >= 0.3 is 0 Å². The minimum atomic E-state index is -0.501. The first-order chi connectivity index (χ1) is 13.1. The van der Waals surface area contributed by atoms with E-state index in [9.17, 15) is 14.3 Å². The number of hydrogen-bond donors (Lipinski definition) is 2. The van der Waals surface area contributed by atoms with E-state index >= 15 is 0 Å². The van der Waals surface area contributed by atoms with Crippen molar-refractivity contribution in [3.63, 3.8) is 0 Å². The number of amides is 1. The molecule has 0 bridgehead atoms. The van der Waals surface area contributed by atoms with E-state index in [0.717, 1.165) is 18.2 Å². The fourth-order valence-electron chi connectivity index (χ4n) is 2.81. The molecule has 2 N–H and O–H groups in total. The average molecular weight is 389 g/mol. The summed E-state index contributed by atoms with van der Waals surface area (Å²) in [6.45, 7) is 2.88. The average Bonchev–Trinajstić information content (AvgIpc) is 3.24. The number of thiazole rings is 1. The summed E-state index contributed by atoms with van der Waals surface area (Å²) in [5.41, 5.74) is 1.15. The van der Waals surface area contributed by atoms with Gasteiger partial charge in [-0.3, -0.25) is 4.79 Å². The molecule has 10 heteroatoms. The van der Waals surface area contributed by atoms with Gasteiger partial charge in [-0.2, -0.15) is 0 Å². The molecule has 0 radical (unpaired) electrons. The largest absolute Gasteiger partial charge is 0.493 e. The molecule has 2 aromatic heterocycles. The monoisotopic (exact) mass is 389 g/mol. The molecule has 3 heterocycles. The molecule has 0 spiro atoms. The number of anilines is 1. The van der Waals surface area contributed by atoms with Crippen molar-refractivity contribution in [1.82, 2.24) is 9.97 Å². The minimum Gasteiger partial charge on any atom is -0.493 e. The van der Waals surface area contributed by atoms with Crippen LogP contribution in [0.3, 0.4) is 0 Å². The molecule has 140 valence electrons. The summed E-state index contributed by atoms with van der Waals surface area (Å²) in [4.78, 5) is 21.3. The van der Waals surface area contributed by atoms with Crippen LogP contribution in [0.25, 0.3) is 10.9 Å². The van der Waals surface area contributed by atoms with E-state index in [2.05, 4.69) is 25.1 Å². The van der Waals surface area contributed by atoms with Crippen LogP contribution in [0.15, 0.2) is 33.8 Å². The quantitative estimate of drug-likeness (QED) is 0.667. The summed E-state index contributed by atoms with van der Waals surface area (Å²) in [5, 5.41) is 20.4. The molecule has 0 aliphatic carbocycles. The molecular weight excluding hydrogens is 373 g/mol. The van der Waals surface area contributed by atoms with Crippen molar-refractivity contribution in [3.8, 4) is 5.88 Å². The third-order valence-electron chi connectivity index (χ3n) is 4.13. The van der Waals surface area contributed by atoms with Crippen LogP contribution in [0.5, 0.6) is 5.88 Å². The zero-order chi connectivity index (χ0) is 18.8. The van der Waals surface area contributed by atoms with Crippen molar-refractivity contribution in [2.45, 2.75) is 6.42 Å². The van der Waals surface area contributed by atoms with Gasteiger partial charge in [0, 0.05) is 23.9 Å². The Morgan fingerprint density at radius 2 is 2.22 bits per heavy atom. The highest BCUT2D eigenvalue weighted by atomic mass is 32.1. The standard InChI is InChI=1S/C17H16FN5O3S/c18-10-1-2-13-12(7-10)15(16(25)20-13)22-21-14(24)8-11-9-27-17(19-11)23-3-5-26-6-4-23/h1-2,7,9,20,25H,3-6,8H2. The summed E-state index contributed by atoms with van der Waals surface area (Å²) < 4.78 is 18.7. The molecule has 3 aromatic rings. The number of azo groups is 1. The predicted molar refractivity (Wildman–Crippen MR) is 98.3 cm³/mol. The van der Waals surface area contributed by atoms with Crippen LogP contribution in [0.1, 0.15) is 5.69 Å². The van der Waals surface area contributed by atoms with E-state index in [1.807, 2.05) is 5.38 Å². The molecular formula is C17H16FN5O3S. The molecule has 0 saturated carbocycles. The zero-order valence-electron chi connectivity index (χ0n) is 14.2. The van der Waals surface area contributed by atoms with Gasteiger partial charge in [0.05, 0.1) is 30.8 Å². The van der Waals surface area contributed by atoms with Crippen molar-refractivity contribution >= 4 is 39.0 Å². The number of aromatic hydroxyl groups is 1. The SMILES string of the molecule is O=C(Cc1csc(N2CCOCC2)n1)N=Nc1c(O)[nH]c2ccc(F)cc12. The number of carbonyl (C=O) groups is 1. The first-order valence-corrected chi connectivity index (χ1v) is 9.20. The van der Waals surface area contributed by atoms with E-state index in [1.54, 1.807) is 0 Å². The predicted octanol–water partition coefficient (Wildman–Crippen LogP) is 3.16. The van der Waals surface area contributed by atoms with Gasteiger partial charge in [-0.05, 0) is 18.2 Å². The molecule has 1 amide bonds. The van der Waals surface area contributed by atoms with E-state index in [0.29, 0.717) is 29.8 Å². The maximum Gasteiger partial charge on any atom is 0.270 e. The van der Waals surface area contributed by atoms with Gasteiger partial charge in [-0.25, -0.2) is 9.37 Å². The van der Waals surface area contributed by atoms with Crippen LogP contribution in [0.2, 0.25) is 0 Å². The Balaban J connectivity index is 1.46. The summed E-state index contributed by atoms with van der Waals surface area (Å²) in [7, 11) is 0. The highest BCUT2D eigenvalue weighted by Crippen LogP contribution is 2.35. The normalized spacial score (nSPS) is 15.1. The Labute approximate surface area is 157 Å². The van der Waals surface area contributed by atoms with Gasteiger partial charge in [0.1, 0.15) is 5.82 Å². The third kappa shape index (κ3) is 3.81. The van der Waals surface area contributed by atoms with Crippen LogP contribution in [-0.4, -0.2) is 47.3 Å². The number of nitrogens with one attached hydrogen (secondary N) is 1. The smallest absolute Gasteiger partial charge is 0.270 e. The zero-order valence-corrected chi connectivity index (χ0v) is 15.0. The Morgan fingerprint density at radius 3 is 3.04 bits per heavy atom. The van der Waals surface area contributed by atoms with Gasteiger partial charge in [0.25, 0.3) is 5.91 Å². The van der Waals surface area contributed by atoms with Crippen molar-refractivity contribution in [3.05, 3.63) is 35.1 Å². The fraction of sp³-hybridized carbons (Fsp3) is 0.294. The fourth-order valence-corrected chi connectivity index (χ4v) is 3.69. The van der Waals surface area contributed by atoms with Gasteiger partial charge in [-0.1, -0.05) is 0 Å². The summed E-state index contributed by atoms with van der Waals surface area (Å²) in [6.07, 6.45) is 0.00180. The van der Waals surface area contributed by atoms with Gasteiger partial charge in [0.15, 0.2) is 10.8 Å². The van der Waals surface area contributed by atoms with Crippen molar-refractivity contribution < 1.29 is 19.0 Å². The van der Waals surface area contributed by atoms with Crippen LogP contribution in [0.4, 0.5) is 15.2 Å². The van der Waals surface area contributed by atoms with Crippen LogP contribution in [-0.2, 0) is 16.0 Å². The first-order valence-electron chi connectivity index (χ1n) is 8.32. The number of fused-ring (bicyclic) bond motifs is 1. The number of halogens is 1. The van der Waals surface area contributed by atoms with Gasteiger partial charge in [-0.15, -0.1) is 21.6 Å². The highest BCUT2D eigenvalue weighted by Gasteiger charge is 2.16. The number of morpholine rings is 1. The second kappa shape index (κ2) is 7.41. The lowest BCUT2D eigenvalue weighted by Crippen LogP contribution is -2.36. The van der Waals surface area contributed by atoms with E-state index in [1.165, 1.54) is 29.5 Å². The molecule has 1 fully saturated rings. The first kappa shape index (κ1) is 17.6. The maximum absolute atomic E-state index is 13.4. The lowest BCUT2D eigenvalue weighted by Gasteiger charge is -2.25. The molecule has 1 aliphatic heterocycles. The number of H-pyrrole nitrogens is 1. The summed E-state index contributed by atoms with van der Waals surface area (Å²) in [6, 6.07) is 3.96. The Morgan fingerprint density at radius 1 is 1.41 bits per heavy atom. The topological polar surface area (TPSA) is 103 Å². The van der Waals surface area contributed by atoms with Crippen LogP contribution in [0, 0.1) is 5.82 Å². The van der Waals surface area contributed by atoms with Crippen molar-refractivity contribution in [2.24, 2.45) is 10.2 Å². The molecule has 1 aliphatic rings. The number of carbonyl (C=O) groups excluding carboxylic acids is 1. The molecule has 1 aromatic carbocycles. The summed E-state index contributed by atoms with van der Waals surface area (Å²) in [5.74, 6) is -1.24. The lowest BCUT2D eigenvalue weighted by molar-refractivity contribution is -0.117. The third-order valence-corrected chi connectivity index (χ3v) is 5.08. The number of rotatable bonds is 4. The van der Waals surface area contributed by atoms with E-state index in [-0.39, 0.29) is 18.0 Å². The number of hydrogen-bond acceptors (Lipinski definition) is 7. The summed E-state index contributed by atoms with van der Waals surface area (Å²) >= 11 is 1.47. The Hall–Kier alpha value is -2.85. The lowest BCUT2D eigenvalue weighted by atomic mass is 10.2. The number of nitrogens with zero attached hydrogens (tertiary/aromatic N) is 4. The van der Waals surface area contributed by atoms with Crippen LogP contribution >= 0.6 is 11.3 Å². The Bertz CT molecular complexity index is 1010. The van der Waals surface area contributed by atoms with Crippen LogP contribution < -0.4 is 4.90 Å². The van der Waals surface area contributed by atoms with E-state index in [4.69, 9.17) is 4.74 Å². The Kier molecular flexibility index (Phi) is 4.82.